The Morgan fingerprint density at radius 2 is 2.04 bits per heavy atom. The van der Waals surface area contributed by atoms with Crippen molar-refractivity contribution in [1.29, 1.82) is 0 Å². The molecular weight excluding hydrogens is 332 g/mol. The van der Waals surface area contributed by atoms with Crippen molar-refractivity contribution in [2.45, 2.75) is 51.6 Å². The van der Waals surface area contributed by atoms with Crippen molar-refractivity contribution in [3.63, 3.8) is 0 Å². The molecule has 1 N–H and O–H groups in total. The van der Waals surface area contributed by atoms with E-state index in [9.17, 15) is 14.9 Å². The van der Waals surface area contributed by atoms with Crippen LogP contribution in [0.3, 0.4) is 0 Å². The molecule has 26 heavy (non-hydrogen) atoms. The minimum Gasteiger partial charge on any atom is -0.358 e. The zero-order valence-electron chi connectivity index (χ0n) is 14.9. The minimum atomic E-state index is -0.543. The predicted molar refractivity (Wildman–Crippen MR) is 97.7 cm³/mol. The van der Waals surface area contributed by atoms with Crippen LogP contribution in [0.4, 0.5) is 5.82 Å². The third kappa shape index (κ3) is 4.47. The summed E-state index contributed by atoms with van der Waals surface area (Å²) in [7, 11) is 0. The second-order valence-electron chi connectivity index (χ2n) is 6.94. The molecule has 2 unspecified atom stereocenters. The molecule has 2 atom stereocenters. The third-order valence-electron chi connectivity index (χ3n) is 5.06. The van der Waals surface area contributed by atoms with Crippen molar-refractivity contribution < 1.29 is 9.72 Å². The normalized spacial score (nSPS) is 19.9. The molecule has 2 aromatic rings. The van der Waals surface area contributed by atoms with Crippen LogP contribution in [0.1, 0.15) is 37.1 Å². The van der Waals surface area contributed by atoms with E-state index in [1.165, 1.54) is 22.7 Å². The molecule has 1 amide bonds. The molecule has 0 saturated heterocycles. The highest BCUT2D eigenvalue weighted by atomic mass is 16.6. The molecule has 1 saturated carbocycles. The Hall–Kier alpha value is -2.70. The van der Waals surface area contributed by atoms with Crippen molar-refractivity contribution in [2.75, 3.05) is 0 Å². The van der Waals surface area contributed by atoms with Crippen molar-refractivity contribution in [3.8, 4) is 0 Å². The fourth-order valence-corrected chi connectivity index (χ4v) is 3.71. The molecule has 0 spiro atoms. The number of aromatic nitrogens is 2. The van der Waals surface area contributed by atoms with Crippen LogP contribution in [0.15, 0.2) is 36.5 Å². The third-order valence-corrected chi connectivity index (χ3v) is 5.06. The number of amides is 1. The number of rotatable bonds is 6. The van der Waals surface area contributed by atoms with E-state index in [0.717, 1.165) is 25.7 Å². The summed E-state index contributed by atoms with van der Waals surface area (Å²) in [5.74, 6) is 0.546. The second-order valence-corrected chi connectivity index (χ2v) is 6.94. The minimum absolute atomic E-state index is 0.0568. The highest BCUT2D eigenvalue weighted by Gasteiger charge is 2.27. The lowest BCUT2D eigenvalue weighted by molar-refractivity contribution is -0.389. The topological polar surface area (TPSA) is 90.1 Å². The van der Waals surface area contributed by atoms with Crippen molar-refractivity contribution in [3.05, 3.63) is 58.0 Å². The molecule has 138 valence electrons. The lowest BCUT2D eigenvalue weighted by atomic mass is 9.80. The number of nitrogens with zero attached hydrogens (tertiary/aromatic N) is 3. The standard InChI is InChI=1S/C19H24N4O3/c1-14-20-18(23(25)26)12-22(14)13-19(24)21-17-10-6-5-9-16(17)11-15-7-3-2-4-8-15/h2-4,7-8,12,16-17H,5-6,9-11,13H2,1H3,(H,21,24). The van der Waals surface area contributed by atoms with Gasteiger partial charge in [-0.2, -0.15) is 0 Å². The van der Waals surface area contributed by atoms with Gasteiger partial charge in [0, 0.05) is 13.0 Å². The maximum Gasteiger partial charge on any atom is 0.381 e. The van der Waals surface area contributed by atoms with E-state index in [-0.39, 0.29) is 24.3 Å². The Morgan fingerprint density at radius 3 is 2.73 bits per heavy atom. The number of aryl methyl sites for hydroxylation is 1. The van der Waals surface area contributed by atoms with Gasteiger partial charge >= 0.3 is 5.82 Å². The van der Waals surface area contributed by atoms with Gasteiger partial charge in [0.1, 0.15) is 12.7 Å². The summed E-state index contributed by atoms with van der Waals surface area (Å²) < 4.78 is 1.53. The summed E-state index contributed by atoms with van der Waals surface area (Å²) in [4.78, 5) is 26.6. The zero-order valence-corrected chi connectivity index (χ0v) is 14.9. The van der Waals surface area contributed by atoms with Crippen LogP contribution in [0, 0.1) is 23.0 Å². The molecular formula is C19H24N4O3. The quantitative estimate of drug-likeness (QED) is 0.636. The summed E-state index contributed by atoms with van der Waals surface area (Å²) >= 11 is 0. The van der Waals surface area contributed by atoms with Crippen LogP contribution < -0.4 is 5.32 Å². The lowest BCUT2D eigenvalue weighted by Gasteiger charge is -2.32. The van der Waals surface area contributed by atoms with E-state index in [2.05, 4.69) is 22.4 Å². The van der Waals surface area contributed by atoms with Gasteiger partial charge in [-0.25, -0.2) is 0 Å². The molecule has 0 bridgehead atoms. The number of hydrogen-bond acceptors (Lipinski definition) is 4. The molecule has 1 aromatic carbocycles. The molecule has 7 heteroatoms. The summed E-state index contributed by atoms with van der Waals surface area (Å²) in [6.45, 7) is 1.72. The number of carbonyl (C=O) groups excluding carboxylic acids is 1. The van der Waals surface area contributed by atoms with Gasteiger partial charge in [0.25, 0.3) is 0 Å². The highest BCUT2D eigenvalue weighted by molar-refractivity contribution is 5.76. The first-order chi connectivity index (χ1) is 12.5. The smallest absolute Gasteiger partial charge is 0.358 e. The molecule has 1 fully saturated rings. The lowest BCUT2D eigenvalue weighted by Crippen LogP contribution is -2.44. The van der Waals surface area contributed by atoms with Gasteiger partial charge in [-0.1, -0.05) is 43.2 Å². The van der Waals surface area contributed by atoms with Gasteiger partial charge in [0.05, 0.1) is 0 Å². The fraction of sp³-hybridized carbons (Fsp3) is 0.474. The Balaban J connectivity index is 1.62. The van der Waals surface area contributed by atoms with Crippen molar-refractivity contribution in [1.82, 2.24) is 14.9 Å². The van der Waals surface area contributed by atoms with Crippen LogP contribution in [-0.2, 0) is 17.8 Å². The first-order valence-corrected chi connectivity index (χ1v) is 9.04. The first kappa shape index (κ1) is 18.1. The van der Waals surface area contributed by atoms with Gasteiger partial charge < -0.3 is 15.4 Å². The average Bonchev–Trinajstić information content (AvgIpc) is 2.98. The van der Waals surface area contributed by atoms with E-state index in [0.29, 0.717) is 11.7 Å². The molecule has 7 nitrogen and oxygen atoms in total. The summed E-state index contributed by atoms with van der Waals surface area (Å²) in [5.41, 5.74) is 1.29. The summed E-state index contributed by atoms with van der Waals surface area (Å²) in [6.07, 6.45) is 6.67. The van der Waals surface area contributed by atoms with Gasteiger partial charge in [-0.15, -0.1) is 0 Å². The van der Waals surface area contributed by atoms with Gasteiger partial charge in [-0.05, 0) is 40.7 Å². The number of imidazole rings is 1. The summed E-state index contributed by atoms with van der Waals surface area (Å²) in [6, 6.07) is 10.5. The molecule has 1 aromatic heterocycles. The van der Waals surface area contributed by atoms with Crippen LogP contribution in [-0.4, -0.2) is 26.4 Å². The molecule has 0 aliphatic heterocycles. The van der Waals surface area contributed by atoms with E-state index >= 15 is 0 Å². The predicted octanol–water partition coefficient (Wildman–Crippen LogP) is 3.02. The van der Waals surface area contributed by atoms with E-state index in [1.54, 1.807) is 6.92 Å². The SMILES string of the molecule is Cc1nc([N+](=O)[O-])cn1CC(=O)NC1CCCCC1Cc1ccccc1. The van der Waals surface area contributed by atoms with Crippen molar-refractivity contribution in [2.24, 2.45) is 5.92 Å². The van der Waals surface area contributed by atoms with Crippen LogP contribution in [0.2, 0.25) is 0 Å². The number of benzene rings is 1. The number of nitrogens with one attached hydrogen (secondary N) is 1. The molecule has 3 rings (SSSR count). The van der Waals surface area contributed by atoms with Crippen LogP contribution >= 0.6 is 0 Å². The van der Waals surface area contributed by atoms with Crippen LogP contribution in [0.5, 0.6) is 0 Å². The van der Waals surface area contributed by atoms with E-state index in [1.807, 2.05) is 18.2 Å². The highest BCUT2D eigenvalue weighted by Crippen LogP contribution is 2.27. The maximum absolute atomic E-state index is 12.5. The Bertz CT molecular complexity index is 772. The molecule has 1 heterocycles. The Labute approximate surface area is 152 Å². The Kier molecular flexibility index (Phi) is 5.65. The molecule has 1 aliphatic rings. The largest absolute Gasteiger partial charge is 0.381 e. The maximum atomic E-state index is 12.5. The first-order valence-electron chi connectivity index (χ1n) is 9.04. The summed E-state index contributed by atoms with van der Waals surface area (Å²) in [5, 5.41) is 14.0. The van der Waals surface area contributed by atoms with Gasteiger partial charge in [0.2, 0.25) is 11.7 Å². The fourth-order valence-electron chi connectivity index (χ4n) is 3.71. The van der Waals surface area contributed by atoms with Crippen LogP contribution in [0.25, 0.3) is 0 Å². The van der Waals surface area contributed by atoms with Gasteiger partial charge in [-0.3, -0.25) is 9.36 Å². The monoisotopic (exact) mass is 356 g/mol. The number of hydrogen-bond donors (Lipinski definition) is 1. The molecule has 0 radical (unpaired) electrons. The zero-order chi connectivity index (χ0) is 18.5. The van der Waals surface area contributed by atoms with E-state index < -0.39 is 4.92 Å². The molecule has 1 aliphatic carbocycles. The number of carbonyl (C=O) groups is 1. The second kappa shape index (κ2) is 8.12. The average molecular weight is 356 g/mol. The number of nitro groups is 1. The van der Waals surface area contributed by atoms with Gasteiger partial charge in [0.15, 0.2) is 0 Å². The van der Waals surface area contributed by atoms with Crippen molar-refractivity contribution >= 4 is 11.7 Å². The van der Waals surface area contributed by atoms with E-state index in [4.69, 9.17) is 0 Å². The Morgan fingerprint density at radius 1 is 1.31 bits per heavy atom.